The van der Waals surface area contributed by atoms with E-state index in [1.807, 2.05) is 24.3 Å². The van der Waals surface area contributed by atoms with Gasteiger partial charge in [0.2, 0.25) is 0 Å². The Kier molecular flexibility index (Phi) is 3.10. The molecule has 0 atom stereocenters. The normalized spacial score (nSPS) is 10.3. The molecule has 0 saturated carbocycles. The number of carbonyl (C=O) groups excluding carboxylic acids is 1. The molecular weight excluding hydrogens is 208 g/mol. The summed E-state index contributed by atoms with van der Waals surface area (Å²) in [4.78, 5) is 10.6. The van der Waals surface area contributed by atoms with Gasteiger partial charge in [-0.15, -0.1) is 0 Å². The highest BCUT2D eigenvalue weighted by atomic mass is 16.1. The minimum atomic E-state index is 0.719. The van der Waals surface area contributed by atoms with Crippen molar-refractivity contribution in [2.24, 2.45) is 0 Å². The van der Waals surface area contributed by atoms with Crippen molar-refractivity contribution in [3.05, 3.63) is 58.7 Å². The van der Waals surface area contributed by atoms with E-state index < -0.39 is 0 Å². The fourth-order valence-corrected chi connectivity index (χ4v) is 2.36. The topological polar surface area (TPSA) is 17.1 Å². The van der Waals surface area contributed by atoms with Crippen LogP contribution in [0.2, 0.25) is 0 Å². The van der Waals surface area contributed by atoms with E-state index >= 15 is 0 Å². The molecule has 0 aliphatic rings. The first-order valence-electron chi connectivity index (χ1n) is 5.75. The molecular formula is C16H16O. The molecule has 0 aliphatic carbocycles. The Labute approximate surface area is 102 Å². The van der Waals surface area contributed by atoms with Crippen molar-refractivity contribution in [3.8, 4) is 11.1 Å². The highest BCUT2D eigenvalue weighted by Gasteiger charge is 2.06. The average molecular weight is 224 g/mol. The van der Waals surface area contributed by atoms with Crippen LogP contribution in [0.4, 0.5) is 0 Å². The Balaban J connectivity index is 2.56. The summed E-state index contributed by atoms with van der Waals surface area (Å²) in [5, 5.41) is 0. The summed E-state index contributed by atoms with van der Waals surface area (Å²) in [5.41, 5.74) is 7.01. The van der Waals surface area contributed by atoms with Crippen molar-refractivity contribution >= 4 is 6.29 Å². The van der Waals surface area contributed by atoms with Crippen molar-refractivity contribution in [1.29, 1.82) is 0 Å². The maximum absolute atomic E-state index is 10.6. The third-order valence-corrected chi connectivity index (χ3v) is 3.01. The summed E-state index contributed by atoms with van der Waals surface area (Å²) in [6.45, 7) is 6.37. The van der Waals surface area contributed by atoms with E-state index in [9.17, 15) is 4.79 Å². The highest BCUT2D eigenvalue weighted by molar-refractivity contribution is 5.78. The van der Waals surface area contributed by atoms with Crippen molar-refractivity contribution in [2.75, 3.05) is 0 Å². The van der Waals surface area contributed by atoms with Gasteiger partial charge in [-0.25, -0.2) is 0 Å². The van der Waals surface area contributed by atoms with Crippen LogP contribution in [0.3, 0.4) is 0 Å². The molecule has 0 aliphatic heterocycles. The van der Waals surface area contributed by atoms with E-state index in [0.717, 1.165) is 11.8 Å². The Bertz CT molecular complexity index is 527. The standard InChI is InChI=1S/C16H16O/c1-11-8-12(2)16(13(3)9-11)15-6-4-14(10-17)5-7-15/h4-10H,1-3H3. The van der Waals surface area contributed by atoms with Gasteiger partial charge in [-0.3, -0.25) is 4.79 Å². The molecule has 0 unspecified atom stereocenters. The number of rotatable bonds is 2. The monoisotopic (exact) mass is 224 g/mol. The molecule has 1 nitrogen and oxygen atoms in total. The second kappa shape index (κ2) is 4.54. The van der Waals surface area contributed by atoms with Gasteiger partial charge in [0.1, 0.15) is 6.29 Å². The fraction of sp³-hybridized carbons (Fsp3) is 0.188. The molecule has 1 heteroatoms. The number of aldehydes is 1. The van der Waals surface area contributed by atoms with Gasteiger partial charge in [-0.05, 0) is 43.0 Å². The molecule has 0 spiro atoms. The zero-order chi connectivity index (χ0) is 12.4. The minimum absolute atomic E-state index is 0.719. The zero-order valence-electron chi connectivity index (χ0n) is 10.4. The molecule has 2 aromatic rings. The summed E-state index contributed by atoms with van der Waals surface area (Å²) in [7, 11) is 0. The summed E-state index contributed by atoms with van der Waals surface area (Å²) < 4.78 is 0. The fourth-order valence-electron chi connectivity index (χ4n) is 2.36. The molecule has 17 heavy (non-hydrogen) atoms. The van der Waals surface area contributed by atoms with Crippen molar-refractivity contribution in [1.82, 2.24) is 0 Å². The van der Waals surface area contributed by atoms with Gasteiger partial charge >= 0.3 is 0 Å². The van der Waals surface area contributed by atoms with Crippen LogP contribution >= 0.6 is 0 Å². The molecule has 0 bridgehead atoms. The van der Waals surface area contributed by atoms with E-state index in [1.54, 1.807) is 0 Å². The van der Waals surface area contributed by atoms with E-state index in [2.05, 4.69) is 32.9 Å². The molecule has 0 saturated heterocycles. The number of benzene rings is 2. The Morgan fingerprint density at radius 1 is 0.882 bits per heavy atom. The predicted molar refractivity (Wildman–Crippen MR) is 71.5 cm³/mol. The van der Waals surface area contributed by atoms with E-state index in [4.69, 9.17) is 0 Å². The lowest BCUT2D eigenvalue weighted by molar-refractivity contribution is 0.112. The van der Waals surface area contributed by atoms with Gasteiger partial charge in [0.25, 0.3) is 0 Å². The second-order valence-electron chi connectivity index (χ2n) is 4.51. The first-order valence-corrected chi connectivity index (χ1v) is 5.75. The SMILES string of the molecule is Cc1cc(C)c(-c2ccc(C=O)cc2)c(C)c1. The van der Waals surface area contributed by atoms with Gasteiger partial charge < -0.3 is 0 Å². The number of hydrogen-bond acceptors (Lipinski definition) is 1. The number of hydrogen-bond donors (Lipinski definition) is 0. The Morgan fingerprint density at radius 3 is 1.88 bits per heavy atom. The van der Waals surface area contributed by atoms with E-state index in [1.165, 1.54) is 27.8 Å². The van der Waals surface area contributed by atoms with Crippen LogP contribution in [-0.4, -0.2) is 6.29 Å². The smallest absolute Gasteiger partial charge is 0.150 e. The summed E-state index contributed by atoms with van der Waals surface area (Å²) in [6, 6.07) is 12.1. The lowest BCUT2D eigenvalue weighted by Crippen LogP contribution is -1.90. The highest BCUT2D eigenvalue weighted by Crippen LogP contribution is 2.28. The van der Waals surface area contributed by atoms with Crippen LogP contribution in [0.5, 0.6) is 0 Å². The van der Waals surface area contributed by atoms with Crippen molar-refractivity contribution in [2.45, 2.75) is 20.8 Å². The summed E-state index contributed by atoms with van der Waals surface area (Å²) in [6.07, 6.45) is 0.874. The van der Waals surface area contributed by atoms with Crippen LogP contribution in [0.25, 0.3) is 11.1 Å². The third kappa shape index (κ3) is 2.28. The Hall–Kier alpha value is -1.89. The maximum Gasteiger partial charge on any atom is 0.150 e. The molecule has 0 aromatic heterocycles. The van der Waals surface area contributed by atoms with Gasteiger partial charge in [0.15, 0.2) is 0 Å². The average Bonchev–Trinajstić information content (AvgIpc) is 2.28. The molecule has 0 amide bonds. The quantitative estimate of drug-likeness (QED) is 0.702. The lowest BCUT2D eigenvalue weighted by atomic mass is 9.93. The molecule has 86 valence electrons. The van der Waals surface area contributed by atoms with E-state index in [0.29, 0.717) is 0 Å². The maximum atomic E-state index is 10.6. The molecule has 0 heterocycles. The second-order valence-corrected chi connectivity index (χ2v) is 4.51. The van der Waals surface area contributed by atoms with Crippen LogP contribution in [0, 0.1) is 20.8 Å². The van der Waals surface area contributed by atoms with Gasteiger partial charge in [0.05, 0.1) is 0 Å². The minimum Gasteiger partial charge on any atom is -0.298 e. The van der Waals surface area contributed by atoms with Crippen LogP contribution in [0.1, 0.15) is 27.0 Å². The number of carbonyl (C=O) groups is 1. The van der Waals surface area contributed by atoms with Crippen molar-refractivity contribution in [3.63, 3.8) is 0 Å². The first-order chi connectivity index (χ1) is 8.11. The van der Waals surface area contributed by atoms with Crippen LogP contribution in [-0.2, 0) is 0 Å². The van der Waals surface area contributed by atoms with Crippen molar-refractivity contribution < 1.29 is 4.79 Å². The summed E-state index contributed by atoms with van der Waals surface area (Å²) in [5.74, 6) is 0. The van der Waals surface area contributed by atoms with E-state index in [-0.39, 0.29) is 0 Å². The predicted octanol–water partition coefficient (Wildman–Crippen LogP) is 4.09. The van der Waals surface area contributed by atoms with Gasteiger partial charge in [-0.1, -0.05) is 42.0 Å². The number of aryl methyl sites for hydroxylation is 3. The molecule has 2 aromatic carbocycles. The largest absolute Gasteiger partial charge is 0.298 e. The lowest BCUT2D eigenvalue weighted by Gasteiger charge is -2.11. The molecule has 2 rings (SSSR count). The zero-order valence-corrected chi connectivity index (χ0v) is 10.4. The molecule has 0 N–H and O–H groups in total. The molecule has 0 fully saturated rings. The van der Waals surface area contributed by atoms with Gasteiger partial charge in [0, 0.05) is 5.56 Å². The first kappa shape index (κ1) is 11.6. The van der Waals surface area contributed by atoms with Crippen LogP contribution in [0.15, 0.2) is 36.4 Å². The van der Waals surface area contributed by atoms with Crippen LogP contribution < -0.4 is 0 Å². The summed E-state index contributed by atoms with van der Waals surface area (Å²) >= 11 is 0. The molecule has 0 radical (unpaired) electrons. The van der Waals surface area contributed by atoms with Gasteiger partial charge in [-0.2, -0.15) is 0 Å². The Morgan fingerprint density at radius 2 is 1.41 bits per heavy atom. The third-order valence-electron chi connectivity index (χ3n) is 3.01.